The Labute approximate surface area is 219 Å². The van der Waals surface area contributed by atoms with E-state index in [9.17, 15) is 23.3 Å². The molecule has 0 radical (unpaired) electrons. The molecule has 4 rings (SSSR count). The third kappa shape index (κ3) is 6.49. The van der Waals surface area contributed by atoms with Crippen molar-refractivity contribution in [2.75, 3.05) is 10.0 Å². The molecule has 0 spiro atoms. The molecule has 0 fully saturated rings. The number of hydrogen-bond acceptors (Lipinski definition) is 9. The van der Waals surface area contributed by atoms with Gasteiger partial charge in [0.05, 0.1) is 14.8 Å². The molecule has 0 saturated heterocycles. The lowest BCUT2D eigenvalue weighted by Crippen LogP contribution is -2.16. The zero-order chi connectivity index (χ0) is 26.6. The number of nitrogens with one attached hydrogen (secondary N) is 2. The molecule has 37 heavy (non-hydrogen) atoms. The summed E-state index contributed by atoms with van der Waals surface area (Å²) in [4.78, 5) is 22.7. The monoisotopic (exact) mass is 563 g/mol. The third-order valence-electron chi connectivity index (χ3n) is 4.65. The third-order valence-corrected chi connectivity index (χ3v) is 6.51. The lowest BCUT2D eigenvalue weighted by atomic mass is 10.3. The van der Waals surface area contributed by atoms with Gasteiger partial charge in [0, 0.05) is 24.0 Å². The number of nitrogens with zero attached hydrogens (tertiary/aromatic N) is 5. The first-order chi connectivity index (χ1) is 17.6. The van der Waals surface area contributed by atoms with E-state index in [-0.39, 0.29) is 44.8 Å². The summed E-state index contributed by atoms with van der Waals surface area (Å²) in [6, 6.07) is 13.4. The van der Waals surface area contributed by atoms with Crippen LogP contribution in [0.2, 0.25) is 10.2 Å². The molecular weight excluding hydrogens is 549 g/mol. The molecule has 13 nitrogen and oxygen atoms in total. The highest BCUT2D eigenvalue weighted by Gasteiger charge is 2.16. The number of ether oxygens (including phenoxy) is 1. The smallest absolute Gasteiger partial charge is 0.276 e. The molecule has 0 aliphatic carbocycles. The van der Waals surface area contributed by atoms with E-state index in [1.54, 1.807) is 0 Å². The summed E-state index contributed by atoms with van der Waals surface area (Å²) in [7, 11) is -3.94. The van der Waals surface area contributed by atoms with Crippen molar-refractivity contribution in [3.8, 4) is 5.75 Å². The van der Waals surface area contributed by atoms with E-state index in [2.05, 4.69) is 25.3 Å². The van der Waals surface area contributed by atoms with Gasteiger partial charge in [0.15, 0.2) is 23.4 Å². The second kappa shape index (κ2) is 10.8. The Bertz CT molecular complexity index is 1560. The van der Waals surface area contributed by atoms with Crippen LogP contribution >= 0.6 is 23.2 Å². The molecule has 0 unspecified atom stereocenters. The Hall–Kier alpha value is -4.27. The van der Waals surface area contributed by atoms with Crippen molar-refractivity contribution in [1.82, 2.24) is 20.0 Å². The molecular formula is C21H15Cl2N7O6S. The number of aromatic nitrogens is 4. The van der Waals surface area contributed by atoms with Gasteiger partial charge >= 0.3 is 0 Å². The zero-order valence-corrected chi connectivity index (χ0v) is 20.7. The van der Waals surface area contributed by atoms with Gasteiger partial charge in [-0.2, -0.15) is 5.10 Å². The van der Waals surface area contributed by atoms with Crippen LogP contribution in [0.1, 0.15) is 10.5 Å². The summed E-state index contributed by atoms with van der Waals surface area (Å²) >= 11 is 11.6. The maximum atomic E-state index is 12.5. The minimum atomic E-state index is -3.94. The molecule has 2 N–H and O–H groups in total. The van der Waals surface area contributed by atoms with Crippen LogP contribution in [-0.4, -0.2) is 39.2 Å². The zero-order valence-electron chi connectivity index (χ0n) is 18.4. The standard InChI is InChI=1S/C21H15Cl2N7O6S/c22-16-11-14(30(32)33)3-6-18(16)36-12-29-10-9-17(27-29)21(31)24-13-1-4-15(5-2-13)37(34,35)28-20-8-7-19(23)25-26-20/h1-11H,12H2,(H,24,31)(H,26,28). The van der Waals surface area contributed by atoms with Gasteiger partial charge in [0.25, 0.3) is 21.6 Å². The summed E-state index contributed by atoms with van der Waals surface area (Å²) in [6.45, 7) is -0.109. The lowest BCUT2D eigenvalue weighted by molar-refractivity contribution is -0.384. The number of benzene rings is 2. The minimum Gasteiger partial charge on any atom is -0.470 e. The number of carbonyl (C=O) groups excluding carboxylic acids is 1. The van der Waals surface area contributed by atoms with Crippen LogP contribution in [0, 0.1) is 10.1 Å². The van der Waals surface area contributed by atoms with Crippen LogP contribution in [-0.2, 0) is 16.8 Å². The summed E-state index contributed by atoms with van der Waals surface area (Å²) < 4.78 is 34.1. The molecule has 2 aromatic heterocycles. The van der Waals surface area contributed by atoms with Crippen molar-refractivity contribution in [2.45, 2.75) is 11.6 Å². The molecule has 4 aromatic rings. The molecule has 2 heterocycles. The summed E-state index contributed by atoms with van der Waals surface area (Å²) in [5.74, 6) is -0.337. The van der Waals surface area contributed by atoms with Gasteiger partial charge < -0.3 is 10.1 Å². The average molecular weight is 564 g/mol. The molecule has 2 aromatic carbocycles. The van der Waals surface area contributed by atoms with Crippen molar-refractivity contribution < 1.29 is 22.9 Å². The predicted octanol–water partition coefficient (Wildman–Crippen LogP) is 3.98. The van der Waals surface area contributed by atoms with E-state index < -0.39 is 20.9 Å². The van der Waals surface area contributed by atoms with Crippen molar-refractivity contribution in [3.05, 3.63) is 92.8 Å². The number of rotatable bonds is 9. The molecule has 0 aliphatic rings. The quantitative estimate of drug-likeness (QED) is 0.225. The van der Waals surface area contributed by atoms with Gasteiger partial charge in [0.2, 0.25) is 0 Å². The average Bonchev–Trinajstić information content (AvgIpc) is 3.34. The van der Waals surface area contributed by atoms with Crippen LogP contribution in [0.3, 0.4) is 0 Å². The lowest BCUT2D eigenvalue weighted by Gasteiger charge is -2.09. The highest BCUT2D eigenvalue weighted by atomic mass is 35.5. The van der Waals surface area contributed by atoms with E-state index in [1.165, 1.54) is 65.5 Å². The Kier molecular flexibility index (Phi) is 7.52. The second-order valence-corrected chi connectivity index (χ2v) is 9.69. The Balaban J connectivity index is 1.35. The normalized spacial score (nSPS) is 11.1. The van der Waals surface area contributed by atoms with Crippen LogP contribution in [0.25, 0.3) is 0 Å². The van der Waals surface area contributed by atoms with Crippen molar-refractivity contribution in [1.29, 1.82) is 0 Å². The van der Waals surface area contributed by atoms with Crippen LogP contribution < -0.4 is 14.8 Å². The molecule has 16 heteroatoms. The van der Waals surface area contributed by atoms with E-state index in [4.69, 9.17) is 27.9 Å². The number of amides is 1. The fraction of sp³-hybridized carbons (Fsp3) is 0.0476. The predicted molar refractivity (Wildman–Crippen MR) is 133 cm³/mol. The number of halogens is 2. The van der Waals surface area contributed by atoms with Crippen molar-refractivity contribution >= 4 is 56.3 Å². The number of nitro benzene ring substituents is 1. The summed E-state index contributed by atoms with van der Waals surface area (Å²) in [5, 5.41) is 24.9. The summed E-state index contributed by atoms with van der Waals surface area (Å²) in [5.41, 5.74) is 0.227. The number of nitro groups is 1. The van der Waals surface area contributed by atoms with E-state index in [1.807, 2.05) is 0 Å². The topological polar surface area (TPSA) is 171 Å². The fourth-order valence-electron chi connectivity index (χ4n) is 2.89. The van der Waals surface area contributed by atoms with E-state index in [0.29, 0.717) is 5.69 Å². The van der Waals surface area contributed by atoms with Gasteiger partial charge in [-0.1, -0.05) is 23.2 Å². The molecule has 1 amide bonds. The van der Waals surface area contributed by atoms with E-state index >= 15 is 0 Å². The fourth-order valence-corrected chi connectivity index (χ4v) is 4.22. The maximum Gasteiger partial charge on any atom is 0.276 e. The molecule has 0 atom stereocenters. The SMILES string of the molecule is O=C(Nc1ccc(S(=O)(=O)Nc2ccc(Cl)nn2)cc1)c1ccn(COc2ccc([N+](=O)[O-])cc2Cl)n1. The maximum absolute atomic E-state index is 12.5. The number of sulfonamides is 1. The van der Waals surface area contributed by atoms with Crippen LogP contribution in [0.5, 0.6) is 5.75 Å². The van der Waals surface area contributed by atoms with Gasteiger partial charge in [0.1, 0.15) is 5.75 Å². The van der Waals surface area contributed by atoms with Crippen molar-refractivity contribution in [2.24, 2.45) is 0 Å². The largest absolute Gasteiger partial charge is 0.470 e. The van der Waals surface area contributed by atoms with Crippen LogP contribution in [0.15, 0.2) is 71.8 Å². The first-order valence-corrected chi connectivity index (χ1v) is 12.4. The summed E-state index contributed by atoms with van der Waals surface area (Å²) in [6.07, 6.45) is 1.50. The first-order valence-electron chi connectivity index (χ1n) is 10.1. The van der Waals surface area contributed by atoms with Crippen LogP contribution in [0.4, 0.5) is 17.2 Å². The number of anilines is 2. The van der Waals surface area contributed by atoms with Crippen molar-refractivity contribution in [3.63, 3.8) is 0 Å². The second-order valence-electron chi connectivity index (χ2n) is 7.21. The Morgan fingerprint density at radius 3 is 2.46 bits per heavy atom. The van der Waals surface area contributed by atoms with E-state index in [0.717, 1.165) is 6.07 Å². The molecule has 190 valence electrons. The van der Waals surface area contributed by atoms with Gasteiger partial charge in [-0.05, 0) is 48.5 Å². The number of hydrogen-bond donors (Lipinski definition) is 2. The first kappa shape index (κ1) is 25.8. The molecule has 0 saturated carbocycles. The number of non-ortho nitro benzene ring substituents is 1. The Morgan fingerprint density at radius 2 is 1.81 bits per heavy atom. The molecule has 0 aliphatic heterocycles. The molecule has 0 bridgehead atoms. The Morgan fingerprint density at radius 1 is 1.05 bits per heavy atom. The highest BCUT2D eigenvalue weighted by molar-refractivity contribution is 7.92. The van der Waals surface area contributed by atoms with Gasteiger partial charge in [-0.25, -0.2) is 13.1 Å². The van der Waals surface area contributed by atoms with Gasteiger partial charge in [-0.15, -0.1) is 10.2 Å². The van der Waals surface area contributed by atoms with Gasteiger partial charge in [-0.3, -0.25) is 19.6 Å². The highest BCUT2D eigenvalue weighted by Crippen LogP contribution is 2.28. The number of carbonyl (C=O) groups is 1. The minimum absolute atomic E-state index is 0.00260.